The molecule has 0 radical (unpaired) electrons. The van der Waals surface area contributed by atoms with Crippen molar-refractivity contribution in [1.29, 1.82) is 0 Å². The smallest absolute Gasteiger partial charge is 0.252 e. The van der Waals surface area contributed by atoms with Crippen LogP contribution in [-0.4, -0.2) is 31.9 Å². The van der Waals surface area contributed by atoms with E-state index in [0.29, 0.717) is 29.9 Å². The van der Waals surface area contributed by atoms with Gasteiger partial charge < -0.3 is 5.32 Å². The van der Waals surface area contributed by atoms with Crippen LogP contribution in [0.3, 0.4) is 0 Å². The van der Waals surface area contributed by atoms with Gasteiger partial charge in [-0.3, -0.25) is 0 Å². The molecule has 6 heteroatoms. The lowest BCUT2D eigenvalue weighted by Gasteiger charge is -2.19. The van der Waals surface area contributed by atoms with Crippen molar-refractivity contribution in [2.45, 2.75) is 44.5 Å². The summed E-state index contributed by atoms with van der Waals surface area (Å²) in [6, 6.07) is 3.95. The molecule has 0 saturated heterocycles. The molecule has 0 atom stereocenters. The lowest BCUT2D eigenvalue weighted by atomic mass is 10.3. The number of hydrogen-bond donors (Lipinski definition) is 1. The molecule has 0 amide bonds. The fraction of sp³-hybridized carbons (Fsp3) is 0.571. The third-order valence-corrected chi connectivity index (χ3v) is 6.19. The summed E-state index contributed by atoms with van der Waals surface area (Å²) in [7, 11) is -3.40. The number of thiophene rings is 1. The second-order valence-corrected chi connectivity index (χ2v) is 8.48. The van der Waals surface area contributed by atoms with E-state index in [1.807, 2.05) is 19.9 Å². The van der Waals surface area contributed by atoms with Crippen LogP contribution >= 0.6 is 11.3 Å². The highest BCUT2D eigenvalue weighted by atomic mass is 32.2. The number of nitrogens with one attached hydrogen (secondary N) is 1. The SMILES string of the molecule is C=C(C)CN(CC)S(=O)(=O)c1ccc(CNC(C)C)s1. The van der Waals surface area contributed by atoms with Gasteiger partial charge in [0, 0.05) is 30.6 Å². The monoisotopic (exact) mass is 316 g/mol. The minimum Gasteiger partial charge on any atom is -0.310 e. The van der Waals surface area contributed by atoms with Crippen LogP contribution < -0.4 is 5.32 Å². The Kier molecular flexibility index (Phi) is 6.39. The third kappa shape index (κ3) is 4.70. The Hall–Kier alpha value is -0.690. The summed E-state index contributed by atoms with van der Waals surface area (Å²) in [5.41, 5.74) is 0.841. The fourth-order valence-electron chi connectivity index (χ4n) is 1.69. The quantitative estimate of drug-likeness (QED) is 0.750. The zero-order valence-electron chi connectivity index (χ0n) is 12.6. The van der Waals surface area contributed by atoms with E-state index in [4.69, 9.17) is 0 Å². The van der Waals surface area contributed by atoms with Crippen LogP contribution in [0.4, 0.5) is 0 Å². The van der Waals surface area contributed by atoms with E-state index in [1.54, 1.807) is 6.07 Å². The topological polar surface area (TPSA) is 49.4 Å². The van der Waals surface area contributed by atoms with E-state index in [2.05, 4.69) is 25.7 Å². The van der Waals surface area contributed by atoms with E-state index < -0.39 is 10.0 Å². The van der Waals surface area contributed by atoms with E-state index in [9.17, 15) is 8.42 Å². The predicted octanol–water partition coefficient (Wildman–Crippen LogP) is 2.83. The molecule has 0 bridgehead atoms. The van der Waals surface area contributed by atoms with Gasteiger partial charge in [0.25, 0.3) is 10.0 Å². The molecule has 4 nitrogen and oxygen atoms in total. The summed E-state index contributed by atoms with van der Waals surface area (Å²) in [5.74, 6) is 0. The number of sulfonamides is 1. The molecule has 1 rings (SSSR count). The molecule has 1 aromatic rings. The lowest BCUT2D eigenvalue weighted by molar-refractivity contribution is 0.454. The minimum absolute atomic E-state index is 0.371. The van der Waals surface area contributed by atoms with Gasteiger partial charge in [-0.1, -0.05) is 32.9 Å². The normalized spacial score (nSPS) is 12.3. The Balaban J connectivity index is 2.89. The molecule has 0 aliphatic heterocycles. The molecule has 0 aromatic carbocycles. The molecule has 0 aliphatic rings. The lowest BCUT2D eigenvalue weighted by Crippen LogP contribution is -2.31. The molecular weight excluding hydrogens is 292 g/mol. The number of nitrogens with zero attached hydrogens (tertiary/aromatic N) is 1. The molecule has 0 unspecified atom stereocenters. The average Bonchev–Trinajstić information content (AvgIpc) is 2.82. The van der Waals surface area contributed by atoms with Crippen molar-refractivity contribution >= 4 is 21.4 Å². The molecule has 0 fully saturated rings. The largest absolute Gasteiger partial charge is 0.310 e. The Morgan fingerprint density at radius 2 is 2.10 bits per heavy atom. The maximum Gasteiger partial charge on any atom is 0.252 e. The van der Waals surface area contributed by atoms with Crippen molar-refractivity contribution < 1.29 is 8.42 Å². The van der Waals surface area contributed by atoms with Gasteiger partial charge in [-0.2, -0.15) is 4.31 Å². The highest BCUT2D eigenvalue weighted by Crippen LogP contribution is 2.25. The Bertz CT molecular complexity index is 547. The zero-order valence-corrected chi connectivity index (χ0v) is 14.3. The Morgan fingerprint density at radius 1 is 1.45 bits per heavy atom. The minimum atomic E-state index is -3.40. The van der Waals surface area contributed by atoms with Crippen LogP contribution in [0.1, 0.15) is 32.6 Å². The summed E-state index contributed by atoms with van der Waals surface area (Å²) in [6.07, 6.45) is 0. The highest BCUT2D eigenvalue weighted by Gasteiger charge is 2.24. The van der Waals surface area contributed by atoms with E-state index in [0.717, 1.165) is 10.5 Å². The second-order valence-electron chi connectivity index (χ2n) is 5.14. The maximum atomic E-state index is 12.5. The van der Waals surface area contributed by atoms with Gasteiger partial charge in [-0.15, -0.1) is 11.3 Å². The van der Waals surface area contributed by atoms with Crippen LogP contribution in [0, 0.1) is 0 Å². The zero-order chi connectivity index (χ0) is 15.3. The van der Waals surface area contributed by atoms with E-state index in [1.165, 1.54) is 15.6 Å². The molecular formula is C14H24N2O2S2. The van der Waals surface area contributed by atoms with E-state index >= 15 is 0 Å². The first-order valence-corrected chi connectivity index (χ1v) is 8.99. The maximum absolute atomic E-state index is 12.5. The van der Waals surface area contributed by atoms with Crippen LogP contribution in [0.5, 0.6) is 0 Å². The summed E-state index contributed by atoms with van der Waals surface area (Å²) in [5, 5.41) is 3.29. The van der Waals surface area contributed by atoms with Crippen molar-refractivity contribution in [3.8, 4) is 0 Å². The standard InChI is InChI=1S/C14H24N2O2S2/c1-6-16(10-11(2)3)20(17,18)14-8-7-13(19-14)9-15-12(4)5/h7-8,12,15H,2,6,9-10H2,1,3-5H3. The van der Waals surface area contributed by atoms with Crippen LogP contribution in [-0.2, 0) is 16.6 Å². The fourth-order valence-corrected chi connectivity index (χ4v) is 4.66. The Labute approximate surface area is 126 Å². The van der Waals surface area contributed by atoms with Crippen molar-refractivity contribution in [1.82, 2.24) is 9.62 Å². The summed E-state index contributed by atoms with van der Waals surface area (Å²) < 4.78 is 26.9. The van der Waals surface area contributed by atoms with Gasteiger partial charge in [0.2, 0.25) is 0 Å². The van der Waals surface area contributed by atoms with E-state index in [-0.39, 0.29) is 0 Å². The number of likely N-dealkylation sites (N-methyl/N-ethyl adjacent to an activating group) is 1. The predicted molar refractivity (Wildman–Crippen MR) is 85.5 cm³/mol. The number of hydrogen-bond acceptors (Lipinski definition) is 4. The van der Waals surface area contributed by atoms with Gasteiger partial charge in [0.05, 0.1) is 0 Å². The van der Waals surface area contributed by atoms with Gasteiger partial charge in [0.1, 0.15) is 4.21 Å². The van der Waals surface area contributed by atoms with Gasteiger partial charge in [-0.25, -0.2) is 8.42 Å². The molecule has 1 heterocycles. The van der Waals surface area contributed by atoms with Crippen LogP contribution in [0.2, 0.25) is 0 Å². The molecule has 0 aliphatic carbocycles. The summed E-state index contributed by atoms with van der Waals surface area (Å²) >= 11 is 1.33. The van der Waals surface area contributed by atoms with Crippen molar-refractivity contribution in [3.63, 3.8) is 0 Å². The first-order chi connectivity index (χ1) is 9.27. The molecule has 1 aromatic heterocycles. The summed E-state index contributed by atoms with van der Waals surface area (Å²) in [4.78, 5) is 1.03. The average molecular weight is 316 g/mol. The molecule has 1 N–H and O–H groups in total. The molecule has 20 heavy (non-hydrogen) atoms. The molecule has 0 saturated carbocycles. The van der Waals surface area contributed by atoms with Crippen molar-refractivity contribution in [2.24, 2.45) is 0 Å². The third-order valence-electron chi connectivity index (χ3n) is 2.71. The van der Waals surface area contributed by atoms with Crippen molar-refractivity contribution in [3.05, 3.63) is 29.2 Å². The van der Waals surface area contributed by atoms with Crippen molar-refractivity contribution in [2.75, 3.05) is 13.1 Å². The van der Waals surface area contributed by atoms with Gasteiger partial charge in [0.15, 0.2) is 0 Å². The second kappa shape index (κ2) is 7.36. The van der Waals surface area contributed by atoms with Crippen LogP contribution in [0.25, 0.3) is 0 Å². The Morgan fingerprint density at radius 3 is 2.60 bits per heavy atom. The van der Waals surface area contributed by atoms with Gasteiger partial charge in [-0.05, 0) is 19.1 Å². The van der Waals surface area contributed by atoms with Crippen LogP contribution in [0.15, 0.2) is 28.5 Å². The van der Waals surface area contributed by atoms with Gasteiger partial charge >= 0.3 is 0 Å². The first-order valence-electron chi connectivity index (χ1n) is 6.74. The first kappa shape index (κ1) is 17.4. The number of rotatable bonds is 8. The highest BCUT2D eigenvalue weighted by molar-refractivity contribution is 7.91. The molecule has 114 valence electrons. The molecule has 0 spiro atoms. The summed E-state index contributed by atoms with van der Waals surface area (Å²) in [6.45, 7) is 13.1.